The lowest BCUT2D eigenvalue weighted by molar-refractivity contribution is -0.157. The van der Waals surface area contributed by atoms with Gasteiger partial charge in [-0.2, -0.15) is 26.3 Å². The normalized spacial score (nSPS) is 13.0. The summed E-state index contributed by atoms with van der Waals surface area (Å²) in [6, 6.07) is 9.08. The lowest BCUT2D eigenvalue weighted by atomic mass is 10.1. The first-order chi connectivity index (χ1) is 19.1. The van der Waals surface area contributed by atoms with Gasteiger partial charge in [0, 0.05) is 5.69 Å². The van der Waals surface area contributed by atoms with Crippen molar-refractivity contribution in [3.8, 4) is 0 Å². The SMILES string of the molecule is O=C(O[C@H](C(=O)Nc1ccc(F)cc1)[C@@H](OC(=O)c1cccc(C(F)(F)F)c1)C(=O)O)c1cccc(C(F)(F)F)c1. The Balaban J connectivity index is 1.96. The average molecular weight is 587 g/mol. The molecule has 1 amide bonds. The Morgan fingerprint density at radius 1 is 0.683 bits per heavy atom. The molecule has 15 heteroatoms. The quantitative estimate of drug-likeness (QED) is 0.270. The third kappa shape index (κ3) is 8.03. The zero-order valence-electron chi connectivity index (χ0n) is 20.1. The number of amides is 1. The molecular weight excluding hydrogens is 571 g/mol. The van der Waals surface area contributed by atoms with E-state index in [4.69, 9.17) is 9.47 Å². The number of halogens is 7. The number of anilines is 1. The predicted molar refractivity (Wildman–Crippen MR) is 124 cm³/mol. The van der Waals surface area contributed by atoms with Crippen LogP contribution in [-0.4, -0.2) is 41.1 Å². The van der Waals surface area contributed by atoms with E-state index in [0.717, 1.165) is 48.5 Å². The average Bonchev–Trinajstić information content (AvgIpc) is 2.90. The smallest absolute Gasteiger partial charge is 0.416 e. The van der Waals surface area contributed by atoms with Gasteiger partial charge < -0.3 is 19.9 Å². The lowest BCUT2D eigenvalue weighted by Crippen LogP contribution is -2.48. The molecule has 0 radical (unpaired) electrons. The van der Waals surface area contributed by atoms with Crippen LogP contribution in [0.25, 0.3) is 0 Å². The standard InChI is InChI=1S/C26H16F7NO7/c27-17-7-9-18(10-8-17)34-21(35)19(40-23(38)13-3-1-5-15(11-13)25(28,29)30)20(22(36)37)41-24(39)14-4-2-6-16(12-14)26(31,32)33/h1-12,19-20H,(H,34,35)(H,36,37)/t19-,20+/m0/s1. The summed E-state index contributed by atoms with van der Waals surface area (Å²) in [4.78, 5) is 50.3. The molecular formula is C26H16F7NO7. The highest BCUT2D eigenvalue weighted by molar-refractivity contribution is 6.01. The molecule has 0 spiro atoms. The fraction of sp³-hybridized carbons (Fsp3) is 0.154. The first-order valence-corrected chi connectivity index (χ1v) is 11.1. The number of esters is 2. The Hall–Kier alpha value is -4.95. The van der Waals surface area contributed by atoms with Crippen LogP contribution in [0.4, 0.5) is 36.4 Å². The molecule has 2 atom stereocenters. The molecule has 216 valence electrons. The summed E-state index contributed by atoms with van der Waals surface area (Å²) in [7, 11) is 0. The molecule has 0 saturated carbocycles. The van der Waals surface area contributed by atoms with Crippen molar-refractivity contribution in [2.45, 2.75) is 24.6 Å². The van der Waals surface area contributed by atoms with E-state index in [-0.39, 0.29) is 5.69 Å². The molecule has 0 bridgehead atoms. The third-order valence-corrected chi connectivity index (χ3v) is 5.21. The summed E-state index contributed by atoms with van der Waals surface area (Å²) in [5.41, 5.74) is -4.30. The van der Waals surface area contributed by atoms with Crippen LogP contribution in [0.15, 0.2) is 72.8 Å². The van der Waals surface area contributed by atoms with Crippen LogP contribution < -0.4 is 5.32 Å². The van der Waals surface area contributed by atoms with E-state index < -0.39 is 76.4 Å². The lowest BCUT2D eigenvalue weighted by Gasteiger charge is -2.24. The van der Waals surface area contributed by atoms with Gasteiger partial charge in [-0.25, -0.2) is 18.8 Å². The van der Waals surface area contributed by atoms with Crippen LogP contribution >= 0.6 is 0 Å². The highest BCUT2D eigenvalue weighted by Crippen LogP contribution is 2.31. The van der Waals surface area contributed by atoms with Crippen LogP contribution in [0, 0.1) is 5.82 Å². The van der Waals surface area contributed by atoms with E-state index in [2.05, 4.69) is 5.32 Å². The van der Waals surface area contributed by atoms with Crippen molar-refractivity contribution in [3.05, 3.63) is 101 Å². The number of rotatable bonds is 8. The Bertz CT molecular complexity index is 1450. The molecule has 0 aliphatic heterocycles. The van der Waals surface area contributed by atoms with Gasteiger partial charge in [0.15, 0.2) is 0 Å². The molecule has 0 fully saturated rings. The van der Waals surface area contributed by atoms with Crippen molar-refractivity contribution < 1.29 is 64.5 Å². The molecule has 2 N–H and O–H groups in total. The molecule has 0 aliphatic carbocycles. The monoisotopic (exact) mass is 587 g/mol. The van der Waals surface area contributed by atoms with E-state index in [1.54, 1.807) is 0 Å². The molecule has 41 heavy (non-hydrogen) atoms. The Morgan fingerprint density at radius 2 is 1.12 bits per heavy atom. The Labute approximate surface area is 225 Å². The predicted octanol–water partition coefficient (Wildman–Crippen LogP) is 5.34. The highest BCUT2D eigenvalue weighted by atomic mass is 19.4. The second-order valence-corrected chi connectivity index (χ2v) is 8.14. The number of alkyl halides is 6. The fourth-order valence-electron chi connectivity index (χ4n) is 3.25. The van der Waals surface area contributed by atoms with E-state index >= 15 is 0 Å². The first kappa shape index (κ1) is 30.6. The maximum absolute atomic E-state index is 13.2. The van der Waals surface area contributed by atoms with Gasteiger partial charge in [-0.1, -0.05) is 12.1 Å². The molecule has 3 aromatic carbocycles. The number of hydrogen-bond acceptors (Lipinski definition) is 6. The zero-order chi connectivity index (χ0) is 30.5. The summed E-state index contributed by atoms with van der Waals surface area (Å²) in [5, 5.41) is 11.8. The van der Waals surface area contributed by atoms with Gasteiger partial charge in [0.1, 0.15) is 5.82 Å². The summed E-state index contributed by atoms with van der Waals surface area (Å²) >= 11 is 0. The second kappa shape index (κ2) is 12.1. The topological polar surface area (TPSA) is 119 Å². The minimum Gasteiger partial charge on any atom is -0.478 e. The number of aliphatic carboxylic acids is 1. The molecule has 3 rings (SSSR count). The second-order valence-electron chi connectivity index (χ2n) is 8.14. The van der Waals surface area contributed by atoms with Crippen LogP contribution in [0.1, 0.15) is 31.8 Å². The number of carboxylic acids is 1. The van der Waals surface area contributed by atoms with E-state index in [9.17, 15) is 55.0 Å². The summed E-state index contributed by atoms with van der Waals surface area (Å²) in [5.74, 6) is -7.63. The van der Waals surface area contributed by atoms with Crippen molar-refractivity contribution in [1.29, 1.82) is 0 Å². The molecule has 0 saturated heterocycles. The van der Waals surface area contributed by atoms with Crippen molar-refractivity contribution in [1.82, 2.24) is 0 Å². The summed E-state index contributed by atoms with van der Waals surface area (Å²) < 4.78 is 101. The summed E-state index contributed by atoms with van der Waals surface area (Å²) in [6.45, 7) is 0. The number of carboxylic acid groups (broad SMARTS) is 1. The number of carbonyl (C=O) groups excluding carboxylic acids is 3. The van der Waals surface area contributed by atoms with Gasteiger partial charge in [0.05, 0.1) is 22.3 Å². The van der Waals surface area contributed by atoms with Crippen LogP contribution in [0.5, 0.6) is 0 Å². The van der Waals surface area contributed by atoms with Crippen molar-refractivity contribution in [2.75, 3.05) is 5.32 Å². The Morgan fingerprint density at radius 3 is 1.54 bits per heavy atom. The minimum absolute atomic E-state index is 0.162. The maximum Gasteiger partial charge on any atom is 0.416 e. The Kier molecular flexibility index (Phi) is 9.00. The van der Waals surface area contributed by atoms with Crippen molar-refractivity contribution in [3.63, 3.8) is 0 Å². The summed E-state index contributed by atoms with van der Waals surface area (Å²) in [6.07, 6.45) is -15.1. The number of carbonyl (C=O) groups is 4. The van der Waals surface area contributed by atoms with Gasteiger partial charge in [-0.3, -0.25) is 4.79 Å². The van der Waals surface area contributed by atoms with Gasteiger partial charge in [0.2, 0.25) is 12.2 Å². The molecule has 0 aliphatic rings. The van der Waals surface area contributed by atoms with Crippen LogP contribution in [0.2, 0.25) is 0 Å². The van der Waals surface area contributed by atoms with Crippen molar-refractivity contribution >= 4 is 29.5 Å². The van der Waals surface area contributed by atoms with Crippen LogP contribution in [0.3, 0.4) is 0 Å². The molecule has 8 nitrogen and oxygen atoms in total. The van der Waals surface area contributed by atoms with Gasteiger partial charge in [0.25, 0.3) is 5.91 Å². The largest absolute Gasteiger partial charge is 0.478 e. The maximum atomic E-state index is 13.2. The molecule has 3 aromatic rings. The minimum atomic E-state index is -4.89. The molecule has 0 heterocycles. The van der Waals surface area contributed by atoms with Crippen molar-refractivity contribution in [2.24, 2.45) is 0 Å². The van der Waals surface area contributed by atoms with E-state index in [1.807, 2.05) is 0 Å². The number of nitrogens with one attached hydrogen (secondary N) is 1. The van der Waals surface area contributed by atoms with Gasteiger partial charge in [-0.05, 0) is 60.7 Å². The highest BCUT2D eigenvalue weighted by Gasteiger charge is 2.42. The zero-order valence-corrected chi connectivity index (χ0v) is 20.1. The number of benzene rings is 3. The third-order valence-electron chi connectivity index (χ3n) is 5.21. The molecule has 0 aromatic heterocycles. The first-order valence-electron chi connectivity index (χ1n) is 11.1. The van der Waals surface area contributed by atoms with Gasteiger partial charge in [-0.15, -0.1) is 0 Å². The van der Waals surface area contributed by atoms with Crippen LogP contribution in [-0.2, 0) is 31.4 Å². The van der Waals surface area contributed by atoms with E-state index in [1.165, 1.54) is 0 Å². The number of hydrogen-bond donors (Lipinski definition) is 2. The molecule has 0 unspecified atom stereocenters. The fourth-order valence-corrected chi connectivity index (χ4v) is 3.25. The van der Waals surface area contributed by atoms with E-state index in [0.29, 0.717) is 24.3 Å². The number of ether oxygens (including phenoxy) is 2. The van der Waals surface area contributed by atoms with Gasteiger partial charge >= 0.3 is 30.3 Å².